The van der Waals surface area contributed by atoms with E-state index in [9.17, 15) is 0 Å². The van der Waals surface area contributed by atoms with Crippen molar-refractivity contribution in [1.29, 1.82) is 0 Å². The molecule has 11 rings (SSSR count). The van der Waals surface area contributed by atoms with Gasteiger partial charge in [-0.15, -0.1) is 11.3 Å². The van der Waals surface area contributed by atoms with Crippen LogP contribution in [0.15, 0.2) is 224 Å². The minimum Gasteiger partial charge on any atom is -0.310 e. The smallest absolute Gasteiger partial charge is 0.0540 e. The predicted molar refractivity (Wildman–Crippen MR) is 251 cm³/mol. The highest BCUT2D eigenvalue weighted by Gasteiger charge is 2.20. The van der Waals surface area contributed by atoms with Crippen molar-refractivity contribution in [3.8, 4) is 44.5 Å². The van der Waals surface area contributed by atoms with Gasteiger partial charge in [0.1, 0.15) is 0 Å². The van der Waals surface area contributed by atoms with Crippen LogP contribution in [0.5, 0.6) is 0 Å². The summed E-state index contributed by atoms with van der Waals surface area (Å²) >= 11 is 1.88. The van der Waals surface area contributed by atoms with Crippen LogP contribution in [0.2, 0.25) is 0 Å². The van der Waals surface area contributed by atoms with Gasteiger partial charge in [-0.2, -0.15) is 0 Å². The zero-order valence-corrected chi connectivity index (χ0v) is 32.5. The van der Waals surface area contributed by atoms with E-state index in [1.54, 1.807) is 0 Å². The molecule has 0 N–H and O–H groups in total. The van der Waals surface area contributed by atoms with Crippen LogP contribution in [0, 0.1) is 0 Å². The molecular weight excluding hydrogens is 719 g/mol. The fourth-order valence-electron chi connectivity index (χ4n) is 8.72. The zero-order valence-electron chi connectivity index (χ0n) is 31.7. The van der Waals surface area contributed by atoms with E-state index in [0.29, 0.717) is 0 Å². The second-order valence-electron chi connectivity index (χ2n) is 14.9. The molecule has 0 bridgehead atoms. The van der Waals surface area contributed by atoms with Crippen molar-refractivity contribution in [2.45, 2.75) is 0 Å². The summed E-state index contributed by atoms with van der Waals surface area (Å²) in [6, 6.07) is 81.9. The Hall–Kier alpha value is -7.26. The monoisotopic (exact) mass is 755 g/mol. The highest BCUT2D eigenvalue weighted by atomic mass is 32.1. The molecule has 2 heteroatoms. The Morgan fingerprint density at radius 3 is 1.59 bits per heavy atom. The van der Waals surface area contributed by atoms with Gasteiger partial charge >= 0.3 is 0 Å². The van der Waals surface area contributed by atoms with Crippen molar-refractivity contribution < 1.29 is 0 Å². The topological polar surface area (TPSA) is 3.24 Å². The van der Waals surface area contributed by atoms with Gasteiger partial charge in [-0.05, 0) is 97.4 Å². The molecule has 11 aromatic rings. The molecule has 0 aliphatic carbocycles. The number of nitrogens with zero attached hydrogens (tertiary/aromatic N) is 1. The van der Waals surface area contributed by atoms with Crippen LogP contribution in [0.1, 0.15) is 0 Å². The summed E-state index contributed by atoms with van der Waals surface area (Å²) in [6.45, 7) is 0. The molecule has 0 aliphatic rings. The molecule has 58 heavy (non-hydrogen) atoms. The summed E-state index contributed by atoms with van der Waals surface area (Å²) in [6.07, 6.45) is 0. The lowest BCUT2D eigenvalue weighted by Crippen LogP contribution is -2.11. The Morgan fingerprint density at radius 1 is 0.293 bits per heavy atom. The molecule has 272 valence electrons. The van der Waals surface area contributed by atoms with Gasteiger partial charge < -0.3 is 4.90 Å². The van der Waals surface area contributed by atoms with Gasteiger partial charge in [0, 0.05) is 42.7 Å². The lowest BCUT2D eigenvalue weighted by Gasteiger charge is -2.28. The minimum atomic E-state index is 1.10. The van der Waals surface area contributed by atoms with Crippen molar-refractivity contribution in [2.24, 2.45) is 0 Å². The molecular formula is C56H37NS. The van der Waals surface area contributed by atoms with Crippen LogP contribution >= 0.6 is 11.3 Å². The third kappa shape index (κ3) is 5.94. The van der Waals surface area contributed by atoms with Crippen molar-refractivity contribution in [1.82, 2.24) is 0 Å². The van der Waals surface area contributed by atoms with Crippen molar-refractivity contribution in [2.75, 3.05) is 4.90 Å². The molecule has 0 atom stereocenters. The number of benzene rings is 10. The summed E-state index contributed by atoms with van der Waals surface area (Å²) in [4.78, 5) is 2.44. The standard InChI is InChI=1S/C56H37NS/c1-3-22-46-38(14-1)16-11-26-48(46)40-32-34-44(35-33-40)57(54-30-7-5-24-50(54)52-28-13-29-53-51-25-6-8-31-55(51)58-56(52)53)45-21-10-19-42(37-45)41-18-9-20-43(36-41)49-27-12-17-39-15-2-4-23-47(39)49/h1-37H. The first kappa shape index (κ1) is 34.0. The largest absolute Gasteiger partial charge is 0.310 e. The van der Waals surface area contributed by atoms with Crippen molar-refractivity contribution in [3.63, 3.8) is 0 Å². The molecule has 0 amide bonds. The Balaban J connectivity index is 1.08. The molecule has 0 saturated carbocycles. The maximum Gasteiger partial charge on any atom is 0.0540 e. The van der Waals surface area contributed by atoms with Gasteiger partial charge in [-0.1, -0.05) is 182 Å². The normalized spacial score (nSPS) is 11.4. The zero-order chi connectivity index (χ0) is 38.4. The van der Waals surface area contributed by atoms with Gasteiger partial charge in [-0.3, -0.25) is 0 Å². The highest BCUT2D eigenvalue weighted by Crippen LogP contribution is 2.47. The highest BCUT2D eigenvalue weighted by molar-refractivity contribution is 7.26. The van der Waals surface area contributed by atoms with E-state index in [1.807, 2.05) is 11.3 Å². The fraction of sp³-hybridized carbons (Fsp3) is 0. The van der Waals surface area contributed by atoms with Crippen LogP contribution in [0.25, 0.3) is 86.2 Å². The van der Waals surface area contributed by atoms with Crippen LogP contribution in [0.3, 0.4) is 0 Å². The van der Waals surface area contributed by atoms with Gasteiger partial charge in [0.15, 0.2) is 0 Å². The van der Waals surface area contributed by atoms with E-state index in [-0.39, 0.29) is 0 Å². The van der Waals surface area contributed by atoms with E-state index in [0.717, 1.165) is 17.1 Å². The maximum absolute atomic E-state index is 2.44. The van der Waals surface area contributed by atoms with Crippen molar-refractivity contribution >= 4 is 70.1 Å². The summed E-state index contributed by atoms with van der Waals surface area (Å²) in [5.74, 6) is 0. The van der Waals surface area contributed by atoms with Gasteiger partial charge in [0.2, 0.25) is 0 Å². The van der Waals surface area contributed by atoms with Gasteiger partial charge in [0.05, 0.1) is 5.69 Å². The minimum absolute atomic E-state index is 1.10. The molecule has 10 aromatic carbocycles. The van der Waals surface area contributed by atoms with Crippen LogP contribution in [0.4, 0.5) is 17.1 Å². The van der Waals surface area contributed by atoms with E-state index in [2.05, 4.69) is 229 Å². The lowest BCUT2D eigenvalue weighted by atomic mass is 9.95. The second kappa shape index (κ2) is 14.4. The third-order valence-corrected chi connectivity index (χ3v) is 12.7. The first-order valence-corrected chi connectivity index (χ1v) is 20.7. The molecule has 0 fully saturated rings. The van der Waals surface area contributed by atoms with Gasteiger partial charge in [0.25, 0.3) is 0 Å². The Kier molecular flexibility index (Phi) is 8.42. The SMILES string of the molecule is c1cc(-c2cccc(N(c3ccc(-c4cccc5ccccc45)cc3)c3ccccc3-c3cccc4c3sc3ccccc34)c2)cc(-c2cccc3ccccc23)c1. The van der Waals surface area contributed by atoms with Gasteiger partial charge in [-0.25, -0.2) is 0 Å². The number of thiophene rings is 1. The van der Waals surface area contributed by atoms with Crippen molar-refractivity contribution in [3.05, 3.63) is 224 Å². The summed E-state index contributed by atoms with van der Waals surface area (Å²) < 4.78 is 2.61. The molecule has 1 nitrogen and oxygen atoms in total. The second-order valence-corrected chi connectivity index (χ2v) is 15.9. The molecule has 0 unspecified atom stereocenters. The maximum atomic E-state index is 2.44. The molecule has 1 heterocycles. The first-order chi connectivity index (χ1) is 28.8. The Bertz CT molecular complexity index is 3290. The number of para-hydroxylation sites is 1. The first-order valence-electron chi connectivity index (χ1n) is 19.8. The van der Waals surface area contributed by atoms with E-state index in [1.165, 1.54) is 86.2 Å². The lowest BCUT2D eigenvalue weighted by molar-refractivity contribution is 1.28. The molecule has 0 radical (unpaired) electrons. The average Bonchev–Trinajstić information content (AvgIpc) is 3.69. The number of hydrogen-bond acceptors (Lipinski definition) is 2. The van der Waals surface area contributed by atoms with E-state index in [4.69, 9.17) is 0 Å². The Labute approximate surface area is 342 Å². The van der Waals surface area contributed by atoms with Crippen LogP contribution in [-0.2, 0) is 0 Å². The number of hydrogen-bond donors (Lipinski definition) is 0. The third-order valence-electron chi connectivity index (χ3n) is 11.5. The molecule has 0 saturated heterocycles. The number of anilines is 3. The van der Waals surface area contributed by atoms with E-state index < -0.39 is 0 Å². The van der Waals surface area contributed by atoms with Crippen LogP contribution < -0.4 is 4.90 Å². The molecule has 0 spiro atoms. The van der Waals surface area contributed by atoms with Crippen LogP contribution in [-0.4, -0.2) is 0 Å². The quantitative estimate of drug-likeness (QED) is 0.157. The molecule has 1 aromatic heterocycles. The number of rotatable bonds is 7. The Morgan fingerprint density at radius 2 is 0.810 bits per heavy atom. The average molecular weight is 756 g/mol. The fourth-order valence-corrected chi connectivity index (χ4v) is 9.95. The summed E-state index contributed by atoms with van der Waals surface area (Å²) in [5, 5.41) is 7.62. The predicted octanol–water partition coefficient (Wildman–Crippen LogP) is 16.5. The summed E-state index contributed by atoms with van der Waals surface area (Å²) in [5.41, 5.74) is 13.0. The summed E-state index contributed by atoms with van der Waals surface area (Å²) in [7, 11) is 0. The van der Waals surface area contributed by atoms with E-state index >= 15 is 0 Å². The number of fused-ring (bicyclic) bond motifs is 5. The molecule has 0 aliphatic heterocycles.